The van der Waals surface area contributed by atoms with Crippen LogP contribution in [0.25, 0.3) is 10.8 Å². The Morgan fingerprint density at radius 2 is 2.14 bits per heavy atom. The number of nitrogen functional groups attached to an aromatic ring is 1. The summed E-state index contributed by atoms with van der Waals surface area (Å²) in [5.74, 6) is 6.85. The molecule has 2 aromatic carbocycles. The molecule has 1 aliphatic heterocycles. The van der Waals surface area contributed by atoms with Crippen LogP contribution < -0.4 is 11.2 Å². The van der Waals surface area contributed by atoms with E-state index in [2.05, 4.69) is 39.8 Å². The van der Waals surface area contributed by atoms with Crippen LogP contribution in [0.1, 0.15) is 31.2 Å². The van der Waals surface area contributed by atoms with Gasteiger partial charge in [-0.3, -0.25) is 4.79 Å². The van der Waals surface area contributed by atoms with Crippen LogP contribution in [-0.4, -0.2) is 45.3 Å². The second-order valence-electron chi connectivity index (χ2n) is 7.22. The Hall–Kier alpha value is -2.58. The smallest absolute Gasteiger partial charge is 0.233 e. The van der Waals surface area contributed by atoms with Crippen LogP contribution in [0, 0.1) is 0 Å². The summed E-state index contributed by atoms with van der Waals surface area (Å²) in [4.78, 5) is 12.4. The number of rotatable bonds is 7. The Morgan fingerprint density at radius 3 is 2.97 bits per heavy atom. The van der Waals surface area contributed by atoms with E-state index in [-0.39, 0.29) is 17.3 Å². The molecule has 3 aromatic rings. The molecule has 2 atom stereocenters. The number of benzene rings is 2. The van der Waals surface area contributed by atoms with Crippen molar-refractivity contribution >= 4 is 28.4 Å². The van der Waals surface area contributed by atoms with E-state index in [9.17, 15) is 4.79 Å². The van der Waals surface area contributed by atoms with Crippen molar-refractivity contribution in [2.24, 2.45) is 0 Å². The first-order chi connectivity index (χ1) is 14.1. The first-order valence-corrected chi connectivity index (χ1v) is 10.7. The molecule has 1 aromatic heterocycles. The number of amides is 1. The van der Waals surface area contributed by atoms with E-state index in [4.69, 9.17) is 10.6 Å². The third kappa shape index (κ3) is 4.54. The van der Waals surface area contributed by atoms with E-state index in [0.717, 1.165) is 25.0 Å². The SMILES string of the molecule is CC(Sc1nnc(Cc2cccc3ccccc23)n1N)C(=O)NCC1CCCO1. The standard InChI is InChI=1S/C21H25N5O2S/c1-14(20(27)23-13-17-9-5-11-28-17)29-21-25-24-19(26(21)22)12-16-8-4-7-15-6-2-3-10-18(15)16/h2-4,6-8,10,14,17H,5,9,11-13,22H2,1H3,(H,23,27). The third-order valence-electron chi connectivity index (χ3n) is 5.14. The maximum absolute atomic E-state index is 12.4. The molecule has 0 saturated carbocycles. The molecule has 3 N–H and O–H groups in total. The van der Waals surface area contributed by atoms with Gasteiger partial charge in [-0.15, -0.1) is 10.2 Å². The Bertz CT molecular complexity index is 994. The van der Waals surface area contributed by atoms with Gasteiger partial charge in [0.15, 0.2) is 5.82 Å². The zero-order valence-corrected chi connectivity index (χ0v) is 17.2. The molecule has 1 amide bonds. The number of ether oxygens (including phenoxy) is 1. The number of nitrogens with zero attached hydrogens (tertiary/aromatic N) is 3. The number of carbonyl (C=O) groups is 1. The van der Waals surface area contributed by atoms with E-state index in [1.165, 1.54) is 27.2 Å². The highest BCUT2D eigenvalue weighted by Gasteiger charge is 2.22. The fourth-order valence-corrected chi connectivity index (χ4v) is 4.31. The number of thioether (sulfide) groups is 1. The molecule has 152 valence electrons. The van der Waals surface area contributed by atoms with E-state index in [0.29, 0.717) is 23.9 Å². The lowest BCUT2D eigenvalue weighted by atomic mass is 10.0. The Kier molecular flexibility index (Phi) is 6.01. The van der Waals surface area contributed by atoms with Crippen molar-refractivity contribution < 1.29 is 9.53 Å². The summed E-state index contributed by atoms with van der Waals surface area (Å²) in [5.41, 5.74) is 1.14. The van der Waals surface area contributed by atoms with Gasteiger partial charge in [-0.1, -0.05) is 54.2 Å². The second-order valence-corrected chi connectivity index (χ2v) is 8.53. The van der Waals surface area contributed by atoms with Gasteiger partial charge in [-0.2, -0.15) is 0 Å². The molecule has 2 unspecified atom stereocenters. The summed E-state index contributed by atoms with van der Waals surface area (Å²) < 4.78 is 7.03. The third-order valence-corrected chi connectivity index (χ3v) is 6.20. The monoisotopic (exact) mass is 411 g/mol. The summed E-state index contributed by atoms with van der Waals surface area (Å²) in [5, 5.41) is 14.0. The molecule has 0 aliphatic carbocycles. The molecular weight excluding hydrogens is 386 g/mol. The maximum Gasteiger partial charge on any atom is 0.233 e. The highest BCUT2D eigenvalue weighted by atomic mass is 32.2. The maximum atomic E-state index is 12.4. The Labute approximate surface area is 174 Å². The van der Waals surface area contributed by atoms with Crippen LogP contribution in [0.3, 0.4) is 0 Å². The summed E-state index contributed by atoms with van der Waals surface area (Å²) >= 11 is 1.31. The average Bonchev–Trinajstić information content (AvgIpc) is 3.38. The highest BCUT2D eigenvalue weighted by Crippen LogP contribution is 2.24. The number of fused-ring (bicyclic) bond motifs is 1. The largest absolute Gasteiger partial charge is 0.376 e. The lowest BCUT2D eigenvalue weighted by Gasteiger charge is -2.14. The molecule has 1 fully saturated rings. The van der Waals surface area contributed by atoms with Gasteiger partial charge in [-0.25, -0.2) is 4.68 Å². The second kappa shape index (κ2) is 8.84. The number of aromatic nitrogens is 3. The van der Waals surface area contributed by atoms with Crippen molar-refractivity contribution in [2.75, 3.05) is 19.0 Å². The molecule has 0 radical (unpaired) electrons. The van der Waals surface area contributed by atoms with E-state index < -0.39 is 0 Å². The average molecular weight is 412 g/mol. The van der Waals surface area contributed by atoms with Crippen LogP contribution in [0.15, 0.2) is 47.6 Å². The number of carbonyl (C=O) groups excluding carboxylic acids is 1. The van der Waals surface area contributed by atoms with E-state index >= 15 is 0 Å². The number of hydrogen-bond donors (Lipinski definition) is 2. The summed E-state index contributed by atoms with van der Waals surface area (Å²) in [6.07, 6.45) is 2.75. The van der Waals surface area contributed by atoms with Crippen LogP contribution in [-0.2, 0) is 16.0 Å². The van der Waals surface area contributed by atoms with Crippen molar-refractivity contribution in [3.8, 4) is 0 Å². The molecule has 7 nitrogen and oxygen atoms in total. The number of nitrogens with two attached hydrogens (primary N) is 1. The minimum absolute atomic E-state index is 0.0518. The molecule has 0 spiro atoms. The zero-order chi connectivity index (χ0) is 20.2. The Morgan fingerprint density at radius 1 is 1.31 bits per heavy atom. The molecular formula is C21H25N5O2S. The van der Waals surface area contributed by atoms with E-state index in [1.54, 1.807) is 0 Å². The van der Waals surface area contributed by atoms with Crippen molar-refractivity contribution in [3.63, 3.8) is 0 Å². The van der Waals surface area contributed by atoms with Gasteiger partial charge >= 0.3 is 0 Å². The highest BCUT2D eigenvalue weighted by molar-refractivity contribution is 8.00. The minimum Gasteiger partial charge on any atom is -0.376 e. The summed E-state index contributed by atoms with van der Waals surface area (Å²) in [6.45, 7) is 3.17. The van der Waals surface area contributed by atoms with Crippen LogP contribution >= 0.6 is 11.8 Å². The molecule has 4 rings (SSSR count). The van der Waals surface area contributed by atoms with E-state index in [1.807, 2.05) is 25.1 Å². The van der Waals surface area contributed by atoms with Gasteiger partial charge in [0.2, 0.25) is 11.1 Å². The predicted molar refractivity (Wildman–Crippen MR) is 114 cm³/mol. The lowest BCUT2D eigenvalue weighted by molar-refractivity contribution is -0.120. The van der Waals surface area contributed by atoms with Gasteiger partial charge in [0.1, 0.15) is 0 Å². The van der Waals surface area contributed by atoms with Gasteiger partial charge < -0.3 is 15.9 Å². The Balaban J connectivity index is 1.40. The molecule has 0 bridgehead atoms. The summed E-state index contributed by atoms with van der Waals surface area (Å²) in [7, 11) is 0. The first-order valence-electron chi connectivity index (χ1n) is 9.84. The lowest BCUT2D eigenvalue weighted by Crippen LogP contribution is -2.36. The number of nitrogens with one attached hydrogen (secondary N) is 1. The molecule has 1 aliphatic rings. The molecule has 29 heavy (non-hydrogen) atoms. The van der Waals surface area contributed by atoms with Crippen molar-refractivity contribution in [1.82, 2.24) is 20.2 Å². The number of hydrogen-bond acceptors (Lipinski definition) is 6. The van der Waals surface area contributed by atoms with Crippen LogP contribution in [0.4, 0.5) is 0 Å². The minimum atomic E-state index is -0.326. The normalized spacial score (nSPS) is 17.5. The topological polar surface area (TPSA) is 95.1 Å². The van der Waals surface area contributed by atoms with Crippen molar-refractivity contribution in [3.05, 3.63) is 53.9 Å². The van der Waals surface area contributed by atoms with Crippen LogP contribution in [0.2, 0.25) is 0 Å². The quantitative estimate of drug-likeness (QED) is 0.458. The predicted octanol–water partition coefficient (Wildman–Crippen LogP) is 2.51. The van der Waals surface area contributed by atoms with Gasteiger partial charge in [0.05, 0.1) is 11.4 Å². The summed E-state index contributed by atoms with van der Waals surface area (Å²) in [6, 6.07) is 14.4. The van der Waals surface area contributed by atoms with Gasteiger partial charge in [0.25, 0.3) is 0 Å². The zero-order valence-electron chi connectivity index (χ0n) is 16.4. The van der Waals surface area contributed by atoms with Gasteiger partial charge in [-0.05, 0) is 36.1 Å². The van der Waals surface area contributed by atoms with Crippen molar-refractivity contribution in [2.45, 2.75) is 42.7 Å². The first kappa shape index (κ1) is 19.7. The molecule has 2 heterocycles. The van der Waals surface area contributed by atoms with Crippen molar-refractivity contribution in [1.29, 1.82) is 0 Å². The molecule has 8 heteroatoms. The fraction of sp³-hybridized carbons (Fsp3) is 0.381. The molecule has 1 saturated heterocycles. The fourth-order valence-electron chi connectivity index (χ4n) is 3.50. The van der Waals surface area contributed by atoms with Gasteiger partial charge in [0, 0.05) is 19.6 Å². The van der Waals surface area contributed by atoms with Crippen LogP contribution in [0.5, 0.6) is 0 Å².